The fourth-order valence-electron chi connectivity index (χ4n) is 1.93. The summed E-state index contributed by atoms with van der Waals surface area (Å²) in [5.74, 6) is -0.107. The molecule has 1 aliphatic heterocycles. The molecule has 2 rings (SSSR count). The maximum atomic E-state index is 12.1. The van der Waals surface area contributed by atoms with Crippen LogP contribution in [0.5, 0.6) is 0 Å². The van der Waals surface area contributed by atoms with Gasteiger partial charge in [0.2, 0.25) is 11.8 Å². The van der Waals surface area contributed by atoms with Gasteiger partial charge in [0.1, 0.15) is 0 Å². The maximum Gasteiger partial charge on any atom is 0.229 e. The summed E-state index contributed by atoms with van der Waals surface area (Å²) in [6, 6.07) is 5.83. The Morgan fingerprint density at radius 3 is 2.94 bits per heavy atom. The molecule has 0 aliphatic carbocycles. The molecular weight excluding hydrogens is 343 g/mol. The smallest absolute Gasteiger partial charge is 0.229 e. The standard InChI is InChI=1S/C13H15IN2O2/c1-8-10(14)3-2-4-11(8)16-13(18)9-5-6-12(17)15-7-9/h2-4,9H,5-7H2,1H3,(H,15,17)(H,16,18). The van der Waals surface area contributed by atoms with Crippen molar-refractivity contribution in [2.45, 2.75) is 19.8 Å². The molecule has 0 bridgehead atoms. The first-order valence-corrected chi connectivity index (χ1v) is 6.98. The fraction of sp³-hybridized carbons (Fsp3) is 0.385. The fourth-order valence-corrected chi connectivity index (χ4v) is 2.43. The topological polar surface area (TPSA) is 58.2 Å². The molecule has 2 amide bonds. The van der Waals surface area contributed by atoms with E-state index in [0.717, 1.165) is 14.8 Å². The van der Waals surface area contributed by atoms with E-state index in [4.69, 9.17) is 0 Å². The van der Waals surface area contributed by atoms with Crippen LogP contribution in [0.3, 0.4) is 0 Å². The molecule has 5 heteroatoms. The second-order valence-corrected chi connectivity index (χ2v) is 5.60. The molecule has 1 atom stereocenters. The Morgan fingerprint density at radius 2 is 2.28 bits per heavy atom. The molecule has 1 fully saturated rings. The van der Waals surface area contributed by atoms with E-state index in [1.54, 1.807) is 0 Å². The van der Waals surface area contributed by atoms with Gasteiger partial charge in [-0.3, -0.25) is 9.59 Å². The normalized spacial score (nSPS) is 19.2. The molecule has 1 unspecified atom stereocenters. The highest BCUT2D eigenvalue weighted by Crippen LogP contribution is 2.22. The predicted molar refractivity (Wildman–Crippen MR) is 78.3 cm³/mol. The van der Waals surface area contributed by atoms with Crippen molar-refractivity contribution in [2.24, 2.45) is 5.92 Å². The van der Waals surface area contributed by atoms with Gasteiger partial charge in [-0.1, -0.05) is 6.07 Å². The Hall–Kier alpha value is -1.11. The van der Waals surface area contributed by atoms with Crippen molar-refractivity contribution in [1.82, 2.24) is 5.32 Å². The lowest BCUT2D eigenvalue weighted by molar-refractivity contribution is -0.126. The van der Waals surface area contributed by atoms with Crippen LogP contribution >= 0.6 is 22.6 Å². The molecule has 1 aromatic carbocycles. The quantitative estimate of drug-likeness (QED) is 0.796. The summed E-state index contributed by atoms with van der Waals surface area (Å²) in [4.78, 5) is 23.1. The Bertz CT molecular complexity index is 478. The molecule has 1 heterocycles. The summed E-state index contributed by atoms with van der Waals surface area (Å²) in [6.07, 6.45) is 1.06. The van der Waals surface area contributed by atoms with E-state index in [9.17, 15) is 9.59 Å². The number of benzene rings is 1. The molecule has 96 valence electrons. The van der Waals surface area contributed by atoms with Gasteiger partial charge in [-0.05, 0) is 53.6 Å². The van der Waals surface area contributed by atoms with Crippen LogP contribution in [-0.2, 0) is 9.59 Å². The summed E-state index contributed by atoms with van der Waals surface area (Å²) >= 11 is 2.25. The number of anilines is 1. The van der Waals surface area contributed by atoms with Gasteiger partial charge in [0, 0.05) is 22.2 Å². The third-order valence-corrected chi connectivity index (χ3v) is 4.33. The van der Waals surface area contributed by atoms with Crippen molar-refractivity contribution in [1.29, 1.82) is 0 Å². The first-order chi connectivity index (χ1) is 8.58. The number of piperidine rings is 1. The van der Waals surface area contributed by atoms with E-state index >= 15 is 0 Å². The molecule has 1 aliphatic rings. The summed E-state index contributed by atoms with van der Waals surface area (Å²) < 4.78 is 1.13. The van der Waals surface area contributed by atoms with Crippen molar-refractivity contribution in [2.75, 3.05) is 11.9 Å². The number of carbonyl (C=O) groups is 2. The number of nitrogens with one attached hydrogen (secondary N) is 2. The molecule has 2 N–H and O–H groups in total. The van der Waals surface area contributed by atoms with Crippen LogP contribution in [0.25, 0.3) is 0 Å². The highest BCUT2D eigenvalue weighted by Gasteiger charge is 2.24. The Kier molecular flexibility index (Phi) is 4.21. The van der Waals surface area contributed by atoms with Gasteiger partial charge in [0.25, 0.3) is 0 Å². The zero-order valence-corrected chi connectivity index (χ0v) is 12.3. The number of halogens is 1. The molecule has 0 radical (unpaired) electrons. The van der Waals surface area contributed by atoms with Crippen LogP contribution in [0.2, 0.25) is 0 Å². The summed E-state index contributed by atoms with van der Waals surface area (Å²) in [6.45, 7) is 2.42. The van der Waals surface area contributed by atoms with E-state index in [1.165, 1.54) is 0 Å². The van der Waals surface area contributed by atoms with Crippen LogP contribution in [0.4, 0.5) is 5.69 Å². The summed E-state index contributed by atoms with van der Waals surface area (Å²) in [5.41, 5.74) is 1.93. The van der Waals surface area contributed by atoms with Gasteiger partial charge in [0.15, 0.2) is 0 Å². The molecule has 18 heavy (non-hydrogen) atoms. The maximum absolute atomic E-state index is 12.1. The number of hydrogen-bond acceptors (Lipinski definition) is 2. The number of hydrogen-bond donors (Lipinski definition) is 2. The SMILES string of the molecule is Cc1c(I)cccc1NC(=O)C1CCC(=O)NC1. The van der Waals surface area contributed by atoms with Gasteiger partial charge < -0.3 is 10.6 Å². The Morgan fingerprint density at radius 1 is 1.50 bits per heavy atom. The molecule has 0 aromatic heterocycles. The van der Waals surface area contributed by atoms with Gasteiger partial charge in [-0.25, -0.2) is 0 Å². The minimum absolute atomic E-state index is 0.0138. The van der Waals surface area contributed by atoms with Crippen molar-refractivity contribution in [3.05, 3.63) is 27.3 Å². The van der Waals surface area contributed by atoms with E-state index in [-0.39, 0.29) is 17.7 Å². The van der Waals surface area contributed by atoms with Gasteiger partial charge in [-0.2, -0.15) is 0 Å². The first-order valence-electron chi connectivity index (χ1n) is 5.90. The van der Waals surface area contributed by atoms with Crippen LogP contribution < -0.4 is 10.6 Å². The summed E-state index contributed by atoms with van der Waals surface area (Å²) in [7, 11) is 0. The third-order valence-electron chi connectivity index (χ3n) is 3.16. The van der Waals surface area contributed by atoms with E-state index in [2.05, 4.69) is 33.2 Å². The zero-order chi connectivity index (χ0) is 13.1. The van der Waals surface area contributed by atoms with Crippen LogP contribution in [0.15, 0.2) is 18.2 Å². The average Bonchev–Trinajstić information content (AvgIpc) is 2.36. The predicted octanol–water partition coefficient (Wildman–Crippen LogP) is 2.06. The highest BCUT2D eigenvalue weighted by atomic mass is 127. The molecule has 1 saturated heterocycles. The number of amides is 2. The number of carbonyl (C=O) groups excluding carboxylic acids is 2. The third kappa shape index (κ3) is 3.01. The van der Waals surface area contributed by atoms with Crippen LogP contribution in [0, 0.1) is 16.4 Å². The number of rotatable bonds is 2. The lowest BCUT2D eigenvalue weighted by Gasteiger charge is -2.22. The van der Waals surface area contributed by atoms with E-state index in [0.29, 0.717) is 19.4 Å². The van der Waals surface area contributed by atoms with Gasteiger partial charge in [0.05, 0.1) is 5.92 Å². The van der Waals surface area contributed by atoms with Crippen molar-refractivity contribution < 1.29 is 9.59 Å². The van der Waals surface area contributed by atoms with Crippen LogP contribution in [-0.4, -0.2) is 18.4 Å². The minimum atomic E-state index is -0.125. The van der Waals surface area contributed by atoms with Crippen molar-refractivity contribution >= 4 is 40.1 Å². The lowest BCUT2D eigenvalue weighted by Crippen LogP contribution is -2.40. The average molecular weight is 358 g/mol. The Labute approximate surface area is 120 Å². The van der Waals surface area contributed by atoms with Crippen molar-refractivity contribution in [3.8, 4) is 0 Å². The van der Waals surface area contributed by atoms with E-state index < -0.39 is 0 Å². The largest absolute Gasteiger partial charge is 0.355 e. The second-order valence-electron chi connectivity index (χ2n) is 4.44. The van der Waals surface area contributed by atoms with Gasteiger partial charge in [-0.15, -0.1) is 0 Å². The molecular formula is C13H15IN2O2. The first kappa shape index (κ1) is 13.3. The molecule has 1 aromatic rings. The highest BCUT2D eigenvalue weighted by molar-refractivity contribution is 14.1. The molecule has 0 saturated carbocycles. The van der Waals surface area contributed by atoms with E-state index in [1.807, 2.05) is 25.1 Å². The zero-order valence-electron chi connectivity index (χ0n) is 10.1. The lowest BCUT2D eigenvalue weighted by atomic mass is 9.98. The Balaban J connectivity index is 2.03. The second kappa shape index (κ2) is 5.69. The minimum Gasteiger partial charge on any atom is -0.355 e. The van der Waals surface area contributed by atoms with Crippen molar-refractivity contribution in [3.63, 3.8) is 0 Å². The summed E-state index contributed by atoms with van der Waals surface area (Å²) in [5, 5.41) is 5.66. The monoisotopic (exact) mass is 358 g/mol. The van der Waals surface area contributed by atoms with Crippen LogP contribution in [0.1, 0.15) is 18.4 Å². The van der Waals surface area contributed by atoms with Gasteiger partial charge >= 0.3 is 0 Å². The molecule has 4 nitrogen and oxygen atoms in total. The molecule has 0 spiro atoms.